The third-order valence-electron chi connectivity index (χ3n) is 3.78. The molecule has 25 heavy (non-hydrogen) atoms. The lowest BCUT2D eigenvalue weighted by molar-refractivity contribution is 0.0601. The highest BCUT2D eigenvalue weighted by atomic mass is 16.5. The van der Waals surface area contributed by atoms with E-state index in [9.17, 15) is 4.79 Å². The van der Waals surface area contributed by atoms with Crippen LogP contribution in [0.3, 0.4) is 0 Å². The van der Waals surface area contributed by atoms with Crippen molar-refractivity contribution in [3.05, 3.63) is 59.8 Å². The van der Waals surface area contributed by atoms with E-state index >= 15 is 0 Å². The third kappa shape index (κ3) is 3.71. The van der Waals surface area contributed by atoms with Gasteiger partial charge in [-0.1, -0.05) is 6.07 Å². The number of hydrogen-bond donors (Lipinski definition) is 1. The average molecular weight is 336 g/mol. The first-order chi connectivity index (χ1) is 12.1. The van der Waals surface area contributed by atoms with Gasteiger partial charge in [0.25, 0.3) is 0 Å². The zero-order valence-electron chi connectivity index (χ0n) is 14.5. The van der Waals surface area contributed by atoms with Crippen LogP contribution in [0.1, 0.15) is 23.0 Å². The monoisotopic (exact) mass is 336 g/mol. The van der Waals surface area contributed by atoms with Crippen molar-refractivity contribution in [2.45, 2.75) is 13.8 Å². The van der Waals surface area contributed by atoms with E-state index in [1.165, 1.54) is 7.11 Å². The normalized spacial score (nSPS) is 10.5. The fraction of sp³-hybridized carbons (Fsp3) is 0.200. The number of pyridine rings is 1. The van der Waals surface area contributed by atoms with E-state index < -0.39 is 0 Å². The molecule has 0 saturated heterocycles. The van der Waals surface area contributed by atoms with Crippen molar-refractivity contribution < 1.29 is 14.3 Å². The van der Waals surface area contributed by atoms with Crippen molar-refractivity contribution in [3.8, 4) is 5.75 Å². The Bertz CT molecular complexity index is 922. The summed E-state index contributed by atoms with van der Waals surface area (Å²) in [6.07, 6.45) is 0. The Morgan fingerprint density at radius 3 is 2.76 bits per heavy atom. The van der Waals surface area contributed by atoms with Crippen LogP contribution in [0.5, 0.6) is 5.75 Å². The summed E-state index contributed by atoms with van der Waals surface area (Å²) < 4.78 is 10.4. The highest BCUT2D eigenvalue weighted by molar-refractivity contribution is 5.95. The molecule has 5 nitrogen and oxygen atoms in total. The molecule has 1 N–H and O–H groups in total. The number of aryl methyl sites for hydroxylation is 1. The number of esters is 1. The Morgan fingerprint density at radius 2 is 2.00 bits per heavy atom. The Balaban J connectivity index is 2.03. The maximum atomic E-state index is 11.7. The van der Waals surface area contributed by atoms with Crippen LogP contribution in [0.25, 0.3) is 10.9 Å². The van der Waals surface area contributed by atoms with Gasteiger partial charge in [-0.25, -0.2) is 4.79 Å². The van der Waals surface area contributed by atoms with Gasteiger partial charge in [-0.3, -0.25) is 4.98 Å². The Hall–Kier alpha value is -3.08. The van der Waals surface area contributed by atoms with Crippen molar-refractivity contribution in [2.75, 3.05) is 19.0 Å². The standard InChI is InChI=1S/C20H20N2O3/c1-4-25-16-8-9-18-17(12-16)19(10-13(2)21-18)22-15-7-5-6-14(11-15)20(23)24-3/h5-12H,4H2,1-3H3,(H,21,22). The highest BCUT2D eigenvalue weighted by Gasteiger charge is 2.09. The number of carbonyl (C=O) groups is 1. The summed E-state index contributed by atoms with van der Waals surface area (Å²) >= 11 is 0. The van der Waals surface area contributed by atoms with Crippen LogP contribution in [0.15, 0.2) is 48.5 Å². The lowest BCUT2D eigenvalue weighted by Crippen LogP contribution is -2.02. The quantitative estimate of drug-likeness (QED) is 0.697. The molecule has 1 aromatic heterocycles. The predicted octanol–water partition coefficient (Wildman–Crippen LogP) is 4.47. The van der Waals surface area contributed by atoms with Crippen LogP contribution >= 0.6 is 0 Å². The van der Waals surface area contributed by atoms with Gasteiger partial charge in [-0.05, 0) is 56.3 Å². The van der Waals surface area contributed by atoms with E-state index in [4.69, 9.17) is 9.47 Å². The summed E-state index contributed by atoms with van der Waals surface area (Å²) in [6, 6.07) is 15.0. The van der Waals surface area contributed by atoms with E-state index in [-0.39, 0.29) is 5.97 Å². The summed E-state index contributed by atoms with van der Waals surface area (Å²) in [4.78, 5) is 16.3. The molecule has 3 rings (SSSR count). The Morgan fingerprint density at radius 1 is 1.16 bits per heavy atom. The number of anilines is 2. The maximum absolute atomic E-state index is 11.7. The summed E-state index contributed by atoms with van der Waals surface area (Å²) in [7, 11) is 1.37. The van der Waals surface area contributed by atoms with Crippen LogP contribution in [-0.2, 0) is 4.74 Å². The molecule has 0 unspecified atom stereocenters. The number of carbonyl (C=O) groups excluding carboxylic acids is 1. The number of methoxy groups -OCH3 is 1. The number of aromatic nitrogens is 1. The van der Waals surface area contributed by atoms with Crippen LogP contribution in [0.4, 0.5) is 11.4 Å². The topological polar surface area (TPSA) is 60.5 Å². The SMILES string of the molecule is CCOc1ccc2nc(C)cc(Nc3cccc(C(=O)OC)c3)c2c1. The minimum atomic E-state index is -0.363. The second kappa shape index (κ2) is 7.21. The lowest BCUT2D eigenvalue weighted by Gasteiger charge is -2.13. The summed E-state index contributed by atoms with van der Waals surface area (Å²) in [5.41, 5.74) is 4.00. The molecule has 0 saturated carbocycles. The number of rotatable bonds is 5. The van der Waals surface area contributed by atoms with E-state index in [2.05, 4.69) is 10.3 Å². The third-order valence-corrected chi connectivity index (χ3v) is 3.78. The van der Waals surface area contributed by atoms with Crippen LogP contribution in [-0.4, -0.2) is 24.7 Å². The highest BCUT2D eigenvalue weighted by Crippen LogP contribution is 2.30. The fourth-order valence-electron chi connectivity index (χ4n) is 2.69. The van der Waals surface area contributed by atoms with Crippen LogP contribution in [0, 0.1) is 6.92 Å². The molecule has 0 radical (unpaired) electrons. The van der Waals surface area contributed by atoms with Gasteiger partial charge in [0.2, 0.25) is 0 Å². The predicted molar refractivity (Wildman–Crippen MR) is 98.7 cm³/mol. The lowest BCUT2D eigenvalue weighted by atomic mass is 10.1. The summed E-state index contributed by atoms with van der Waals surface area (Å²) in [5.74, 6) is 0.435. The molecular formula is C20H20N2O3. The van der Waals surface area contributed by atoms with E-state index in [1.54, 1.807) is 12.1 Å². The molecule has 0 atom stereocenters. The molecule has 0 bridgehead atoms. The van der Waals surface area contributed by atoms with Gasteiger partial charge in [-0.15, -0.1) is 0 Å². The fourth-order valence-corrected chi connectivity index (χ4v) is 2.69. The van der Waals surface area contributed by atoms with Gasteiger partial charge in [0.05, 0.1) is 24.8 Å². The Kier molecular flexibility index (Phi) is 4.84. The molecule has 0 amide bonds. The largest absolute Gasteiger partial charge is 0.494 e. The molecule has 0 aliphatic rings. The first-order valence-electron chi connectivity index (χ1n) is 8.10. The van der Waals surface area contributed by atoms with E-state index in [1.807, 2.05) is 50.2 Å². The summed E-state index contributed by atoms with van der Waals surface area (Å²) in [5, 5.41) is 4.33. The molecule has 5 heteroatoms. The molecule has 3 aromatic rings. The van der Waals surface area contributed by atoms with Gasteiger partial charge in [0.15, 0.2) is 0 Å². The number of hydrogen-bond acceptors (Lipinski definition) is 5. The molecule has 0 spiro atoms. The molecular weight excluding hydrogens is 316 g/mol. The van der Waals surface area contributed by atoms with E-state index in [0.717, 1.165) is 33.7 Å². The Labute approximate surface area is 146 Å². The first kappa shape index (κ1) is 16.8. The number of fused-ring (bicyclic) bond motifs is 1. The average Bonchev–Trinajstić information content (AvgIpc) is 2.62. The van der Waals surface area contributed by atoms with Crippen molar-refractivity contribution in [2.24, 2.45) is 0 Å². The van der Waals surface area contributed by atoms with Gasteiger partial charge in [0.1, 0.15) is 5.75 Å². The van der Waals surface area contributed by atoms with Gasteiger partial charge >= 0.3 is 5.97 Å². The van der Waals surface area contributed by atoms with Crippen molar-refractivity contribution >= 4 is 28.2 Å². The second-order valence-corrected chi connectivity index (χ2v) is 5.62. The first-order valence-corrected chi connectivity index (χ1v) is 8.10. The van der Waals surface area contributed by atoms with E-state index in [0.29, 0.717) is 12.2 Å². The molecule has 128 valence electrons. The van der Waals surface area contributed by atoms with Gasteiger partial charge < -0.3 is 14.8 Å². The summed E-state index contributed by atoms with van der Waals surface area (Å²) in [6.45, 7) is 4.51. The molecule has 0 aliphatic heterocycles. The van der Waals surface area contributed by atoms with Crippen molar-refractivity contribution in [1.29, 1.82) is 0 Å². The minimum Gasteiger partial charge on any atom is -0.494 e. The van der Waals surface area contributed by atoms with Crippen LogP contribution < -0.4 is 10.1 Å². The molecule has 0 aliphatic carbocycles. The number of benzene rings is 2. The van der Waals surface area contributed by atoms with Gasteiger partial charge in [-0.2, -0.15) is 0 Å². The maximum Gasteiger partial charge on any atom is 0.337 e. The second-order valence-electron chi connectivity index (χ2n) is 5.62. The minimum absolute atomic E-state index is 0.363. The number of nitrogens with zero attached hydrogens (tertiary/aromatic N) is 1. The number of ether oxygens (including phenoxy) is 2. The van der Waals surface area contributed by atoms with Gasteiger partial charge in [0, 0.05) is 22.5 Å². The molecule has 1 heterocycles. The zero-order valence-corrected chi connectivity index (χ0v) is 14.5. The van der Waals surface area contributed by atoms with Crippen LogP contribution in [0.2, 0.25) is 0 Å². The van der Waals surface area contributed by atoms with Crippen molar-refractivity contribution in [1.82, 2.24) is 4.98 Å². The molecule has 2 aromatic carbocycles. The molecule has 0 fully saturated rings. The number of nitrogens with one attached hydrogen (secondary N) is 1. The van der Waals surface area contributed by atoms with Crippen molar-refractivity contribution in [3.63, 3.8) is 0 Å². The zero-order chi connectivity index (χ0) is 17.8. The smallest absolute Gasteiger partial charge is 0.337 e.